The molecule has 1 aliphatic heterocycles. The molecule has 0 bridgehead atoms. The number of para-hydroxylation sites is 1. The molecular formula is C18H24N8O. The van der Waals surface area contributed by atoms with Gasteiger partial charge in [-0.25, -0.2) is 0 Å². The number of rotatable bonds is 4. The van der Waals surface area contributed by atoms with Gasteiger partial charge >= 0.3 is 0 Å². The quantitative estimate of drug-likeness (QED) is 0.687. The Morgan fingerprint density at radius 2 is 1.78 bits per heavy atom. The predicted molar refractivity (Wildman–Crippen MR) is 99.6 cm³/mol. The van der Waals surface area contributed by atoms with E-state index >= 15 is 0 Å². The van der Waals surface area contributed by atoms with Gasteiger partial charge in [-0.05, 0) is 22.6 Å². The van der Waals surface area contributed by atoms with Gasteiger partial charge in [0.2, 0.25) is 11.8 Å². The van der Waals surface area contributed by atoms with Gasteiger partial charge in [-0.15, -0.1) is 0 Å². The van der Waals surface area contributed by atoms with Crippen molar-refractivity contribution < 1.29 is 4.52 Å². The smallest absolute Gasteiger partial charge is 0.250 e. The Bertz CT molecular complexity index is 874. The van der Waals surface area contributed by atoms with Crippen LogP contribution in [-0.2, 0) is 12.0 Å². The van der Waals surface area contributed by atoms with Gasteiger partial charge in [0.05, 0.1) is 12.2 Å². The Morgan fingerprint density at radius 3 is 2.44 bits per heavy atom. The van der Waals surface area contributed by atoms with E-state index in [-0.39, 0.29) is 5.41 Å². The second kappa shape index (κ2) is 7.07. The van der Waals surface area contributed by atoms with E-state index in [0.717, 1.165) is 43.6 Å². The molecule has 1 aliphatic rings. The fourth-order valence-corrected chi connectivity index (χ4v) is 3.04. The molecule has 1 aromatic carbocycles. The number of hydrogen-bond donors (Lipinski definition) is 0. The van der Waals surface area contributed by atoms with Crippen molar-refractivity contribution in [3.05, 3.63) is 42.0 Å². The summed E-state index contributed by atoms with van der Waals surface area (Å²) >= 11 is 0. The molecule has 142 valence electrons. The van der Waals surface area contributed by atoms with Gasteiger partial charge in [0.15, 0.2) is 5.82 Å². The predicted octanol–water partition coefficient (Wildman–Crippen LogP) is 1.66. The van der Waals surface area contributed by atoms with Crippen LogP contribution < -0.4 is 4.90 Å². The number of hydrogen-bond acceptors (Lipinski definition) is 8. The monoisotopic (exact) mass is 368 g/mol. The molecule has 3 heterocycles. The Morgan fingerprint density at radius 1 is 1.04 bits per heavy atom. The molecule has 0 saturated carbocycles. The molecule has 0 unspecified atom stereocenters. The lowest BCUT2D eigenvalue weighted by Crippen LogP contribution is -2.47. The van der Waals surface area contributed by atoms with E-state index < -0.39 is 0 Å². The Hall–Kier alpha value is -2.81. The molecule has 2 aromatic heterocycles. The van der Waals surface area contributed by atoms with E-state index in [2.05, 4.69) is 56.2 Å². The van der Waals surface area contributed by atoms with E-state index in [0.29, 0.717) is 12.4 Å². The summed E-state index contributed by atoms with van der Waals surface area (Å²) in [6.45, 7) is 10.4. The summed E-state index contributed by atoms with van der Waals surface area (Å²) in [7, 11) is 0. The molecular weight excluding hydrogens is 344 g/mol. The van der Waals surface area contributed by atoms with Crippen LogP contribution in [0.2, 0.25) is 0 Å². The van der Waals surface area contributed by atoms with Crippen LogP contribution in [0.3, 0.4) is 0 Å². The maximum atomic E-state index is 5.39. The van der Waals surface area contributed by atoms with Crippen LogP contribution in [0.1, 0.15) is 32.5 Å². The number of aromatic nitrogens is 6. The highest BCUT2D eigenvalue weighted by Gasteiger charge is 2.25. The third-order valence-electron chi connectivity index (χ3n) is 4.58. The van der Waals surface area contributed by atoms with Gasteiger partial charge in [0.1, 0.15) is 0 Å². The van der Waals surface area contributed by atoms with Crippen LogP contribution in [0.5, 0.6) is 0 Å². The first kappa shape index (κ1) is 17.6. The van der Waals surface area contributed by atoms with Crippen molar-refractivity contribution in [1.29, 1.82) is 0 Å². The summed E-state index contributed by atoms with van der Waals surface area (Å²) < 4.78 is 7.17. The van der Waals surface area contributed by atoms with Gasteiger partial charge in [-0.1, -0.05) is 49.2 Å². The molecule has 27 heavy (non-hydrogen) atoms. The van der Waals surface area contributed by atoms with Crippen LogP contribution >= 0.6 is 0 Å². The topological polar surface area (TPSA) is 89.0 Å². The summed E-state index contributed by atoms with van der Waals surface area (Å²) in [6.07, 6.45) is 0. The SMILES string of the molecule is CC(C)(C)c1nc(CN2CCN(c3nnnn3-c3ccccc3)CC2)no1. The summed E-state index contributed by atoms with van der Waals surface area (Å²) in [5.74, 6) is 2.19. The molecule has 0 radical (unpaired) electrons. The first-order valence-electron chi connectivity index (χ1n) is 9.15. The second-order valence-electron chi connectivity index (χ2n) is 7.76. The average Bonchev–Trinajstić information content (AvgIpc) is 3.32. The molecule has 0 aliphatic carbocycles. The summed E-state index contributed by atoms with van der Waals surface area (Å²) in [5.41, 5.74) is 0.833. The lowest BCUT2D eigenvalue weighted by atomic mass is 9.97. The van der Waals surface area contributed by atoms with Crippen LogP contribution in [0.15, 0.2) is 34.9 Å². The van der Waals surface area contributed by atoms with Crippen molar-refractivity contribution in [3.63, 3.8) is 0 Å². The fraction of sp³-hybridized carbons (Fsp3) is 0.500. The maximum absolute atomic E-state index is 5.39. The highest BCUT2D eigenvalue weighted by atomic mass is 16.5. The Balaban J connectivity index is 1.39. The zero-order valence-corrected chi connectivity index (χ0v) is 15.9. The fourth-order valence-electron chi connectivity index (χ4n) is 3.04. The number of anilines is 1. The van der Waals surface area contributed by atoms with Crippen molar-refractivity contribution >= 4 is 5.95 Å². The minimum absolute atomic E-state index is 0.127. The number of nitrogens with zero attached hydrogens (tertiary/aromatic N) is 8. The van der Waals surface area contributed by atoms with E-state index in [1.54, 1.807) is 4.68 Å². The molecule has 0 amide bonds. The van der Waals surface area contributed by atoms with Gasteiger partial charge in [-0.2, -0.15) is 9.67 Å². The molecule has 0 spiro atoms. The van der Waals surface area contributed by atoms with Crippen molar-refractivity contribution in [2.75, 3.05) is 31.1 Å². The molecule has 0 atom stereocenters. The molecule has 1 saturated heterocycles. The van der Waals surface area contributed by atoms with Gasteiger partial charge in [-0.3, -0.25) is 4.90 Å². The summed E-state index contributed by atoms with van der Waals surface area (Å²) in [5, 5.41) is 16.4. The summed E-state index contributed by atoms with van der Waals surface area (Å²) in [6, 6.07) is 9.94. The van der Waals surface area contributed by atoms with Crippen molar-refractivity contribution in [2.24, 2.45) is 0 Å². The first-order valence-corrected chi connectivity index (χ1v) is 9.15. The zero-order valence-electron chi connectivity index (χ0n) is 15.9. The standard InChI is InChI=1S/C18H24N8O/c1-18(2,3)16-19-15(21-27-16)13-24-9-11-25(12-10-24)17-20-22-23-26(17)14-7-5-4-6-8-14/h4-8H,9-13H2,1-3H3. The minimum Gasteiger partial charge on any atom is -0.339 e. The third-order valence-corrected chi connectivity index (χ3v) is 4.58. The lowest BCUT2D eigenvalue weighted by molar-refractivity contribution is 0.238. The van der Waals surface area contributed by atoms with E-state index in [9.17, 15) is 0 Å². The molecule has 4 rings (SSSR count). The average molecular weight is 368 g/mol. The normalized spacial score (nSPS) is 16.0. The Kier molecular flexibility index (Phi) is 4.61. The molecule has 0 N–H and O–H groups in total. The minimum atomic E-state index is -0.127. The van der Waals surface area contributed by atoms with Crippen LogP contribution in [-0.4, -0.2) is 61.4 Å². The maximum Gasteiger partial charge on any atom is 0.250 e. The number of piperazine rings is 1. The highest BCUT2D eigenvalue weighted by molar-refractivity contribution is 5.40. The summed E-state index contributed by atoms with van der Waals surface area (Å²) in [4.78, 5) is 9.06. The lowest BCUT2D eigenvalue weighted by Gasteiger charge is -2.34. The van der Waals surface area contributed by atoms with Crippen LogP contribution in [0.25, 0.3) is 5.69 Å². The second-order valence-corrected chi connectivity index (χ2v) is 7.76. The Labute approximate surface area is 158 Å². The van der Waals surface area contributed by atoms with Gasteiger partial charge in [0.25, 0.3) is 0 Å². The molecule has 9 heteroatoms. The van der Waals surface area contributed by atoms with Crippen LogP contribution in [0.4, 0.5) is 5.95 Å². The largest absolute Gasteiger partial charge is 0.339 e. The molecule has 3 aromatic rings. The number of tetrazole rings is 1. The van der Waals surface area contributed by atoms with Crippen molar-refractivity contribution in [1.82, 2.24) is 35.2 Å². The van der Waals surface area contributed by atoms with E-state index in [4.69, 9.17) is 4.52 Å². The van der Waals surface area contributed by atoms with E-state index in [1.807, 2.05) is 30.3 Å². The molecule has 9 nitrogen and oxygen atoms in total. The van der Waals surface area contributed by atoms with Gasteiger partial charge in [0, 0.05) is 31.6 Å². The zero-order chi connectivity index (χ0) is 18.9. The highest BCUT2D eigenvalue weighted by Crippen LogP contribution is 2.21. The first-order chi connectivity index (χ1) is 13.0. The van der Waals surface area contributed by atoms with Crippen LogP contribution in [0, 0.1) is 0 Å². The van der Waals surface area contributed by atoms with Crippen molar-refractivity contribution in [2.45, 2.75) is 32.7 Å². The van der Waals surface area contributed by atoms with Gasteiger partial charge < -0.3 is 9.42 Å². The van der Waals surface area contributed by atoms with Crippen molar-refractivity contribution in [3.8, 4) is 5.69 Å². The number of benzene rings is 1. The van der Waals surface area contributed by atoms with E-state index in [1.165, 1.54) is 0 Å². The third kappa shape index (κ3) is 3.82. The molecule has 1 fully saturated rings.